The Labute approximate surface area is 144 Å². The molecule has 2 aliphatic carbocycles. The number of rotatable bonds is 4. The van der Waals surface area contributed by atoms with E-state index in [4.69, 9.17) is 4.74 Å². The molecule has 0 N–H and O–H groups in total. The molecular weight excluding hydrogens is 303 g/mol. The van der Waals surface area contributed by atoms with Crippen molar-refractivity contribution in [3.8, 4) is 0 Å². The fraction of sp³-hybridized carbons (Fsp3) is 0.667. The van der Waals surface area contributed by atoms with Crippen molar-refractivity contribution in [2.24, 2.45) is 17.8 Å². The standard InChI is InChI=1S/C21H29FO2/c1-2-15-3-5-16(6-4-15)17-9-13-20(14-10-17)24-21(23)18-7-11-19(22)12-8-18/h7-8,11-12,15-17,20H,2-6,9-10,13-14H2,1H3/t15-,16-,17-,20-. The van der Waals surface area contributed by atoms with Gasteiger partial charge in [0, 0.05) is 0 Å². The van der Waals surface area contributed by atoms with Crippen molar-refractivity contribution in [2.45, 2.75) is 70.8 Å². The van der Waals surface area contributed by atoms with Gasteiger partial charge in [0.15, 0.2) is 0 Å². The maximum atomic E-state index is 12.9. The van der Waals surface area contributed by atoms with Crippen LogP contribution in [0.1, 0.15) is 75.1 Å². The number of ether oxygens (including phenoxy) is 1. The summed E-state index contributed by atoms with van der Waals surface area (Å²) in [7, 11) is 0. The molecule has 3 rings (SSSR count). The first-order valence-corrected chi connectivity index (χ1v) is 9.62. The predicted octanol–water partition coefficient (Wildman–Crippen LogP) is 5.76. The van der Waals surface area contributed by atoms with Crippen molar-refractivity contribution in [3.05, 3.63) is 35.6 Å². The van der Waals surface area contributed by atoms with Crippen molar-refractivity contribution in [1.82, 2.24) is 0 Å². The molecule has 0 saturated heterocycles. The van der Waals surface area contributed by atoms with Crippen LogP contribution in [0, 0.1) is 23.6 Å². The first-order chi connectivity index (χ1) is 11.7. The van der Waals surface area contributed by atoms with Crippen LogP contribution in [-0.2, 0) is 4.74 Å². The number of carbonyl (C=O) groups is 1. The van der Waals surface area contributed by atoms with Gasteiger partial charge in [-0.25, -0.2) is 9.18 Å². The van der Waals surface area contributed by atoms with Crippen LogP contribution >= 0.6 is 0 Å². The molecule has 0 bridgehead atoms. The molecule has 0 atom stereocenters. The minimum atomic E-state index is -0.329. The van der Waals surface area contributed by atoms with Crippen molar-refractivity contribution in [3.63, 3.8) is 0 Å². The Morgan fingerprint density at radius 2 is 1.50 bits per heavy atom. The van der Waals surface area contributed by atoms with Crippen LogP contribution in [-0.4, -0.2) is 12.1 Å². The van der Waals surface area contributed by atoms with E-state index in [0.29, 0.717) is 5.56 Å². The van der Waals surface area contributed by atoms with Crippen molar-refractivity contribution >= 4 is 5.97 Å². The van der Waals surface area contributed by atoms with Crippen LogP contribution in [0.15, 0.2) is 24.3 Å². The monoisotopic (exact) mass is 332 g/mol. The molecule has 24 heavy (non-hydrogen) atoms. The van der Waals surface area contributed by atoms with E-state index in [-0.39, 0.29) is 17.9 Å². The zero-order chi connectivity index (χ0) is 16.9. The lowest BCUT2D eigenvalue weighted by molar-refractivity contribution is 0.0110. The normalized spacial score (nSPS) is 30.8. The second-order valence-electron chi connectivity index (χ2n) is 7.64. The summed E-state index contributed by atoms with van der Waals surface area (Å²) in [6.07, 6.45) is 11.3. The first kappa shape index (κ1) is 17.4. The Morgan fingerprint density at radius 1 is 0.958 bits per heavy atom. The number of benzene rings is 1. The maximum Gasteiger partial charge on any atom is 0.338 e. The molecule has 2 nitrogen and oxygen atoms in total. The molecule has 0 aromatic heterocycles. The third-order valence-electron chi connectivity index (χ3n) is 6.21. The highest BCUT2D eigenvalue weighted by atomic mass is 19.1. The molecule has 0 heterocycles. The number of hydrogen-bond donors (Lipinski definition) is 0. The predicted molar refractivity (Wildman–Crippen MR) is 93.3 cm³/mol. The molecule has 0 aliphatic heterocycles. The molecule has 0 radical (unpaired) electrons. The Hall–Kier alpha value is -1.38. The molecule has 0 unspecified atom stereocenters. The van der Waals surface area contributed by atoms with Crippen LogP contribution in [0.2, 0.25) is 0 Å². The van der Waals surface area contributed by atoms with Gasteiger partial charge in [-0.15, -0.1) is 0 Å². The second-order valence-corrected chi connectivity index (χ2v) is 7.64. The summed E-state index contributed by atoms with van der Waals surface area (Å²) in [6, 6.07) is 5.60. The van der Waals surface area contributed by atoms with Crippen LogP contribution in [0.5, 0.6) is 0 Å². The lowest BCUT2D eigenvalue weighted by atomic mass is 9.70. The van der Waals surface area contributed by atoms with Gasteiger partial charge in [0.05, 0.1) is 5.56 Å². The van der Waals surface area contributed by atoms with Crippen molar-refractivity contribution in [2.75, 3.05) is 0 Å². The van der Waals surface area contributed by atoms with Gasteiger partial charge >= 0.3 is 5.97 Å². The largest absolute Gasteiger partial charge is 0.459 e. The van der Waals surface area contributed by atoms with E-state index in [1.807, 2.05) is 0 Å². The molecule has 1 aromatic carbocycles. The first-order valence-electron chi connectivity index (χ1n) is 9.62. The van der Waals surface area contributed by atoms with E-state index in [9.17, 15) is 9.18 Å². The van der Waals surface area contributed by atoms with E-state index < -0.39 is 0 Å². The highest BCUT2D eigenvalue weighted by Crippen LogP contribution is 2.41. The van der Waals surface area contributed by atoms with Gasteiger partial charge in [0.2, 0.25) is 0 Å². The quantitative estimate of drug-likeness (QED) is 0.655. The smallest absolute Gasteiger partial charge is 0.338 e. The van der Waals surface area contributed by atoms with E-state index in [2.05, 4.69) is 6.92 Å². The molecule has 1 aromatic rings. The van der Waals surface area contributed by atoms with Crippen LogP contribution in [0.4, 0.5) is 4.39 Å². The van der Waals surface area contributed by atoms with Crippen molar-refractivity contribution in [1.29, 1.82) is 0 Å². The summed E-state index contributed by atoms with van der Waals surface area (Å²) in [5.41, 5.74) is 0.441. The topological polar surface area (TPSA) is 26.3 Å². The molecule has 0 spiro atoms. The van der Waals surface area contributed by atoms with Gasteiger partial charge in [-0.1, -0.05) is 26.2 Å². The molecule has 2 saturated carbocycles. The van der Waals surface area contributed by atoms with Crippen LogP contribution in [0.25, 0.3) is 0 Å². The van der Waals surface area contributed by atoms with Gasteiger partial charge in [0.25, 0.3) is 0 Å². The minimum Gasteiger partial charge on any atom is -0.459 e. The Balaban J connectivity index is 1.43. The third-order valence-corrected chi connectivity index (χ3v) is 6.21. The molecule has 132 valence electrons. The highest BCUT2D eigenvalue weighted by molar-refractivity contribution is 5.89. The van der Waals surface area contributed by atoms with Gasteiger partial charge < -0.3 is 4.74 Å². The number of halogens is 1. The van der Waals surface area contributed by atoms with Crippen LogP contribution in [0.3, 0.4) is 0 Å². The second kappa shape index (κ2) is 8.13. The molecular formula is C21H29FO2. The van der Waals surface area contributed by atoms with E-state index in [0.717, 1.165) is 30.6 Å². The average Bonchev–Trinajstić information content (AvgIpc) is 2.63. The van der Waals surface area contributed by atoms with E-state index in [1.54, 1.807) is 0 Å². The zero-order valence-electron chi connectivity index (χ0n) is 14.7. The summed E-state index contributed by atoms with van der Waals surface area (Å²) in [5.74, 6) is 2.02. The van der Waals surface area contributed by atoms with Gasteiger partial charge in [0.1, 0.15) is 11.9 Å². The number of hydrogen-bond acceptors (Lipinski definition) is 2. The summed E-state index contributed by atoms with van der Waals surface area (Å²) < 4.78 is 18.5. The zero-order valence-corrected chi connectivity index (χ0v) is 14.7. The number of esters is 1. The Bertz CT molecular complexity index is 523. The molecule has 3 heteroatoms. The fourth-order valence-electron chi connectivity index (χ4n) is 4.55. The Kier molecular flexibility index (Phi) is 5.91. The lowest BCUT2D eigenvalue weighted by Crippen LogP contribution is -2.29. The minimum absolute atomic E-state index is 0.0331. The van der Waals surface area contributed by atoms with Gasteiger partial charge in [-0.2, -0.15) is 0 Å². The summed E-state index contributed by atoms with van der Waals surface area (Å²) >= 11 is 0. The SMILES string of the molecule is CC[C@H]1CC[C@H]([C@H]2CC[C@H](OC(=O)c3ccc(F)cc3)CC2)CC1. The van der Waals surface area contributed by atoms with Gasteiger partial charge in [-0.3, -0.25) is 0 Å². The fourth-order valence-corrected chi connectivity index (χ4v) is 4.55. The van der Waals surface area contributed by atoms with E-state index in [1.165, 1.54) is 69.2 Å². The lowest BCUT2D eigenvalue weighted by Gasteiger charge is -2.37. The average molecular weight is 332 g/mol. The molecule has 0 amide bonds. The van der Waals surface area contributed by atoms with Crippen molar-refractivity contribution < 1.29 is 13.9 Å². The summed E-state index contributed by atoms with van der Waals surface area (Å²) in [5, 5.41) is 0. The number of carbonyl (C=O) groups excluding carboxylic acids is 1. The molecule has 2 aliphatic rings. The van der Waals surface area contributed by atoms with Gasteiger partial charge in [-0.05, 0) is 80.5 Å². The summed E-state index contributed by atoms with van der Waals surface area (Å²) in [6.45, 7) is 2.31. The molecule has 2 fully saturated rings. The summed E-state index contributed by atoms with van der Waals surface area (Å²) in [4.78, 5) is 12.1. The highest BCUT2D eigenvalue weighted by Gasteiger charge is 2.31. The van der Waals surface area contributed by atoms with Crippen LogP contribution < -0.4 is 0 Å². The van der Waals surface area contributed by atoms with E-state index >= 15 is 0 Å². The Morgan fingerprint density at radius 3 is 2.04 bits per heavy atom. The maximum absolute atomic E-state index is 12.9. The third kappa shape index (κ3) is 4.37.